The summed E-state index contributed by atoms with van der Waals surface area (Å²) in [5.41, 5.74) is 0. The highest BCUT2D eigenvalue weighted by molar-refractivity contribution is 5.06. The van der Waals surface area contributed by atoms with Crippen LogP contribution in [0.3, 0.4) is 0 Å². The molecular weight excluding hydrogens is 134 g/mol. The molecular formula is C10H17N. The zero-order valence-corrected chi connectivity index (χ0v) is 7.56. The predicted molar refractivity (Wildman–Crippen MR) is 48.3 cm³/mol. The molecule has 1 aliphatic heterocycles. The minimum atomic E-state index is 0.484. The third-order valence-corrected chi connectivity index (χ3v) is 2.18. The first-order valence-corrected chi connectivity index (χ1v) is 4.57. The largest absolute Gasteiger partial charge is 0.290 e. The van der Waals surface area contributed by atoms with Gasteiger partial charge in [0.2, 0.25) is 0 Å². The summed E-state index contributed by atoms with van der Waals surface area (Å²) in [6.45, 7) is 6.80. The first-order valence-electron chi connectivity index (χ1n) is 4.57. The van der Waals surface area contributed by atoms with Crippen LogP contribution < -0.4 is 0 Å². The lowest BCUT2D eigenvalue weighted by atomic mass is 10.3. The molecule has 1 aliphatic rings. The Morgan fingerprint density at radius 1 is 1.36 bits per heavy atom. The molecule has 0 amide bonds. The van der Waals surface area contributed by atoms with Crippen LogP contribution >= 0.6 is 0 Å². The molecule has 1 heterocycles. The van der Waals surface area contributed by atoms with Crippen molar-refractivity contribution in [3.63, 3.8) is 0 Å². The Morgan fingerprint density at radius 3 is 2.55 bits per heavy atom. The predicted octanol–water partition coefficient (Wildman–Crippen LogP) is 1.88. The van der Waals surface area contributed by atoms with Crippen LogP contribution in [0.25, 0.3) is 0 Å². The SMILES string of the molecule is CCC#C[C@H](C)N1CCCC1. The molecule has 1 nitrogen and oxygen atoms in total. The summed E-state index contributed by atoms with van der Waals surface area (Å²) < 4.78 is 0. The monoisotopic (exact) mass is 151 g/mol. The molecule has 1 rings (SSSR count). The summed E-state index contributed by atoms with van der Waals surface area (Å²) >= 11 is 0. The highest BCUT2D eigenvalue weighted by Gasteiger charge is 2.15. The van der Waals surface area contributed by atoms with Crippen molar-refractivity contribution in [2.45, 2.75) is 39.2 Å². The van der Waals surface area contributed by atoms with Crippen molar-refractivity contribution in [3.8, 4) is 11.8 Å². The maximum Gasteiger partial charge on any atom is 0.0685 e. The van der Waals surface area contributed by atoms with E-state index in [0.717, 1.165) is 6.42 Å². The number of hydrogen-bond acceptors (Lipinski definition) is 1. The Bertz CT molecular complexity index is 157. The molecule has 1 heteroatoms. The lowest BCUT2D eigenvalue weighted by molar-refractivity contribution is 0.308. The van der Waals surface area contributed by atoms with E-state index in [1.165, 1.54) is 25.9 Å². The molecule has 0 aliphatic carbocycles. The maximum atomic E-state index is 3.25. The molecule has 1 fully saturated rings. The van der Waals surface area contributed by atoms with E-state index in [4.69, 9.17) is 0 Å². The van der Waals surface area contributed by atoms with Gasteiger partial charge in [0.25, 0.3) is 0 Å². The molecule has 62 valence electrons. The minimum Gasteiger partial charge on any atom is -0.290 e. The van der Waals surface area contributed by atoms with E-state index < -0.39 is 0 Å². The number of rotatable bonds is 1. The van der Waals surface area contributed by atoms with Crippen LogP contribution in [0.1, 0.15) is 33.1 Å². The van der Waals surface area contributed by atoms with Crippen molar-refractivity contribution in [2.24, 2.45) is 0 Å². The first-order chi connectivity index (χ1) is 5.34. The number of likely N-dealkylation sites (tertiary alicyclic amines) is 1. The average molecular weight is 151 g/mol. The third kappa shape index (κ3) is 2.55. The lowest BCUT2D eigenvalue weighted by Gasteiger charge is -2.17. The van der Waals surface area contributed by atoms with Crippen LogP contribution in [-0.2, 0) is 0 Å². The molecule has 1 saturated heterocycles. The Kier molecular flexibility index (Phi) is 3.45. The van der Waals surface area contributed by atoms with Crippen molar-refractivity contribution in [1.29, 1.82) is 0 Å². The minimum absolute atomic E-state index is 0.484. The fourth-order valence-electron chi connectivity index (χ4n) is 1.47. The second-order valence-electron chi connectivity index (χ2n) is 3.09. The lowest BCUT2D eigenvalue weighted by Crippen LogP contribution is -2.28. The van der Waals surface area contributed by atoms with Crippen LogP contribution in [0.5, 0.6) is 0 Å². The van der Waals surface area contributed by atoms with Gasteiger partial charge in [0.05, 0.1) is 6.04 Å². The number of hydrogen-bond donors (Lipinski definition) is 0. The molecule has 0 N–H and O–H groups in total. The topological polar surface area (TPSA) is 3.24 Å². The smallest absolute Gasteiger partial charge is 0.0685 e. The van der Waals surface area contributed by atoms with E-state index in [0.29, 0.717) is 6.04 Å². The van der Waals surface area contributed by atoms with Gasteiger partial charge in [0.15, 0.2) is 0 Å². The van der Waals surface area contributed by atoms with Crippen LogP contribution in [0.4, 0.5) is 0 Å². The summed E-state index contributed by atoms with van der Waals surface area (Å²) in [4.78, 5) is 2.46. The van der Waals surface area contributed by atoms with Crippen molar-refractivity contribution in [1.82, 2.24) is 4.90 Å². The highest BCUT2D eigenvalue weighted by atomic mass is 15.2. The van der Waals surface area contributed by atoms with Crippen LogP contribution in [0.2, 0.25) is 0 Å². The van der Waals surface area contributed by atoms with E-state index >= 15 is 0 Å². The standard InChI is InChI=1S/C10H17N/c1-3-4-7-10(2)11-8-5-6-9-11/h10H,3,5-6,8-9H2,1-2H3/t10-/m0/s1. The van der Waals surface area contributed by atoms with Crippen molar-refractivity contribution < 1.29 is 0 Å². The van der Waals surface area contributed by atoms with Crippen molar-refractivity contribution in [3.05, 3.63) is 0 Å². The Morgan fingerprint density at radius 2 is 2.00 bits per heavy atom. The zero-order valence-electron chi connectivity index (χ0n) is 7.56. The van der Waals surface area contributed by atoms with Crippen molar-refractivity contribution >= 4 is 0 Å². The van der Waals surface area contributed by atoms with E-state index in [2.05, 4.69) is 30.6 Å². The third-order valence-electron chi connectivity index (χ3n) is 2.18. The summed E-state index contributed by atoms with van der Waals surface area (Å²) in [5.74, 6) is 6.38. The highest BCUT2D eigenvalue weighted by Crippen LogP contribution is 2.10. The van der Waals surface area contributed by atoms with Gasteiger partial charge < -0.3 is 0 Å². The van der Waals surface area contributed by atoms with Gasteiger partial charge in [-0.1, -0.05) is 12.8 Å². The summed E-state index contributed by atoms with van der Waals surface area (Å²) in [6, 6.07) is 0.484. The summed E-state index contributed by atoms with van der Waals surface area (Å²) in [7, 11) is 0. The first kappa shape index (κ1) is 8.62. The molecule has 0 saturated carbocycles. The molecule has 0 spiro atoms. The molecule has 1 atom stereocenters. The number of nitrogens with zero attached hydrogens (tertiary/aromatic N) is 1. The normalized spacial score (nSPS) is 20.9. The van der Waals surface area contributed by atoms with E-state index in [-0.39, 0.29) is 0 Å². The average Bonchev–Trinajstić information content (AvgIpc) is 2.52. The van der Waals surface area contributed by atoms with Gasteiger partial charge in [-0.3, -0.25) is 4.90 Å². The second kappa shape index (κ2) is 4.41. The zero-order chi connectivity index (χ0) is 8.10. The maximum absolute atomic E-state index is 3.25. The van der Waals surface area contributed by atoms with Gasteiger partial charge in [-0.25, -0.2) is 0 Å². The van der Waals surface area contributed by atoms with Gasteiger partial charge in [0, 0.05) is 6.42 Å². The van der Waals surface area contributed by atoms with Crippen LogP contribution in [-0.4, -0.2) is 24.0 Å². The second-order valence-corrected chi connectivity index (χ2v) is 3.09. The molecule has 0 aromatic rings. The van der Waals surface area contributed by atoms with Gasteiger partial charge >= 0.3 is 0 Å². The van der Waals surface area contributed by atoms with Gasteiger partial charge in [-0.15, -0.1) is 5.92 Å². The fraction of sp³-hybridized carbons (Fsp3) is 0.800. The van der Waals surface area contributed by atoms with E-state index in [1.54, 1.807) is 0 Å². The molecule has 0 bridgehead atoms. The Balaban J connectivity index is 2.33. The van der Waals surface area contributed by atoms with E-state index in [1.807, 2.05) is 0 Å². The molecule has 0 aromatic carbocycles. The fourth-order valence-corrected chi connectivity index (χ4v) is 1.47. The molecule has 0 aromatic heterocycles. The summed E-state index contributed by atoms with van der Waals surface area (Å²) in [5, 5.41) is 0. The van der Waals surface area contributed by atoms with Crippen LogP contribution in [0, 0.1) is 11.8 Å². The molecule has 11 heavy (non-hydrogen) atoms. The van der Waals surface area contributed by atoms with Gasteiger partial charge in [-0.2, -0.15) is 0 Å². The molecule has 0 radical (unpaired) electrons. The quantitative estimate of drug-likeness (QED) is 0.517. The van der Waals surface area contributed by atoms with Gasteiger partial charge in [0.1, 0.15) is 0 Å². The summed E-state index contributed by atoms with van der Waals surface area (Å²) in [6.07, 6.45) is 3.70. The van der Waals surface area contributed by atoms with Crippen LogP contribution in [0.15, 0.2) is 0 Å². The Labute approximate surface area is 69.8 Å². The molecule has 0 unspecified atom stereocenters. The van der Waals surface area contributed by atoms with E-state index in [9.17, 15) is 0 Å². The van der Waals surface area contributed by atoms with Crippen molar-refractivity contribution in [2.75, 3.05) is 13.1 Å². The Hall–Kier alpha value is -0.480. The van der Waals surface area contributed by atoms with Gasteiger partial charge in [-0.05, 0) is 32.9 Å².